The molecule has 0 bridgehead atoms. The number of hydrogen-bond acceptors (Lipinski definition) is 4. The fourth-order valence-corrected chi connectivity index (χ4v) is 4.57. The van der Waals surface area contributed by atoms with Crippen LogP contribution in [0.2, 0.25) is 10.0 Å². The summed E-state index contributed by atoms with van der Waals surface area (Å²) in [6, 6.07) is 21.4. The van der Waals surface area contributed by atoms with Crippen LogP contribution >= 0.6 is 35.0 Å². The lowest BCUT2D eigenvalue weighted by molar-refractivity contribution is -0.115. The zero-order valence-corrected chi connectivity index (χ0v) is 18.8. The molecular weight excluding hydrogens is 465 g/mol. The van der Waals surface area contributed by atoms with Gasteiger partial charge in [0.25, 0.3) is 11.1 Å². The van der Waals surface area contributed by atoms with Gasteiger partial charge in [-0.25, -0.2) is 4.98 Å². The van der Waals surface area contributed by atoms with E-state index in [9.17, 15) is 9.59 Å². The third kappa shape index (κ3) is 4.05. The number of carbonyl (C=O) groups excluding carboxylic acids is 2. The van der Waals surface area contributed by atoms with Gasteiger partial charge < -0.3 is 4.57 Å². The minimum absolute atomic E-state index is 0.357. The van der Waals surface area contributed by atoms with Crippen molar-refractivity contribution in [1.82, 2.24) is 14.9 Å². The SMILES string of the molecule is O=C1NC(=O)/C(=C/c2ccc(-c3nc4cc(Cl)c(Cl)cc4n3Cc3ccccc3)cc2)S1. The molecule has 1 saturated heterocycles. The summed E-state index contributed by atoms with van der Waals surface area (Å²) < 4.78 is 2.11. The van der Waals surface area contributed by atoms with Crippen LogP contribution in [0.3, 0.4) is 0 Å². The first kappa shape index (κ1) is 20.8. The Morgan fingerprint density at radius 3 is 2.38 bits per heavy atom. The number of thioether (sulfide) groups is 1. The molecule has 0 spiro atoms. The quantitative estimate of drug-likeness (QED) is 0.344. The lowest BCUT2D eigenvalue weighted by atomic mass is 10.1. The number of carbonyl (C=O) groups is 2. The van der Waals surface area contributed by atoms with Crippen LogP contribution in [0.25, 0.3) is 28.5 Å². The highest BCUT2D eigenvalue weighted by molar-refractivity contribution is 8.18. The van der Waals surface area contributed by atoms with Gasteiger partial charge in [-0.15, -0.1) is 0 Å². The molecule has 2 amide bonds. The van der Waals surface area contributed by atoms with Gasteiger partial charge in [0.1, 0.15) is 5.82 Å². The number of aromatic nitrogens is 2. The summed E-state index contributed by atoms with van der Waals surface area (Å²) in [5.74, 6) is 0.409. The van der Waals surface area contributed by atoms with E-state index >= 15 is 0 Å². The molecule has 1 aliphatic heterocycles. The fourth-order valence-electron chi connectivity index (χ4n) is 3.57. The molecule has 0 radical (unpaired) electrons. The molecule has 0 saturated carbocycles. The van der Waals surface area contributed by atoms with E-state index in [0.717, 1.165) is 45.3 Å². The smallest absolute Gasteiger partial charge is 0.290 e. The van der Waals surface area contributed by atoms with Gasteiger partial charge in [-0.05, 0) is 41.1 Å². The predicted octanol–water partition coefficient (Wildman–Crippen LogP) is 6.38. The number of benzene rings is 3. The van der Waals surface area contributed by atoms with Gasteiger partial charge >= 0.3 is 0 Å². The Morgan fingerprint density at radius 1 is 0.969 bits per heavy atom. The van der Waals surface area contributed by atoms with Crippen molar-refractivity contribution in [3.8, 4) is 11.4 Å². The molecule has 4 aromatic rings. The number of imide groups is 1. The minimum atomic E-state index is -0.373. The molecule has 1 fully saturated rings. The van der Waals surface area contributed by atoms with E-state index in [-0.39, 0.29) is 11.1 Å². The topological polar surface area (TPSA) is 64.0 Å². The molecule has 158 valence electrons. The van der Waals surface area contributed by atoms with E-state index in [1.165, 1.54) is 0 Å². The van der Waals surface area contributed by atoms with Crippen molar-refractivity contribution in [2.75, 3.05) is 0 Å². The van der Waals surface area contributed by atoms with Gasteiger partial charge in [0.2, 0.25) is 0 Å². The predicted molar refractivity (Wildman–Crippen MR) is 130 cm³/mol. The number of rotatable bonds is 4. The van der Waals surface area contributed by atoms with E-state index < -0.39 is 0 Å². The maximum absolute atomic E-state index is 11.8. The minimum Gasteiger partial charge on any atom is -0.319 e. The van der Waals surface area contributed by atoms with Crippen LogP contribution in [0.15, 0.2) is 71.6 Å². The second-order valence-electron chi connectivity index (χ2n) is 7.24. The Kier molecular flexibility index (Phi) is 5.51. The molecule has 0 unspecified atom stereocenters. The van der Waals surface area contributed by atoms with Gasteiger partial charge in [0.15, 0.2) is 0 Å². The maximum Gasteiger partial charge on any atom is 0.290 e. The number of amides is 2. The molecule has 0 atom stereocenters. The zero-order valence-electron chi connectivity index (χ0n) is 16.5. The summed E-state index contributed by atoms with van der Waals surface area (Å²) in [5, 5.41) is 2.84. The third-order valence-electron chi connectivity index (χ3n) is 5.08. The molecule has 3 aromatic carbocycles. The van der Waals surface area contributed by atoms with Crippen LogP contribution in [0.4, 0.5) is 4.79 Å². The summed E-state index contributed by atoms with van der Waals surface area (Å²) >= 11 is 13.4. The molecule has 8 heteroatoms. The Hall–Kier alpha value is -3.06. The van der Waals surface area contributed by atoms with Gasteiger partial charge in [-0.3, -0.25) is 14.9 Å². The summed E-state index contributed by atoms with van der Waals surface area (Å²) in [5.41, 5.74) is 4.51. The van der Waals surface area contributed by atoms with E-state index in [2.05, 4.69) is 22.0 Å². The van der Waals surface area contributed by atoms with Gasteiger partial charge in [-0.1, -0.05) is 77.8 Å². The fraction of sp³-hybridized carbons (Fsp3) is 0.0417. The summed E-state index contributed by atoms with van der Waals surface area (Å²) in [4.78, 5) is 28.4. The third-order valence-corrected chi connectivity index (χ3v) is 6.62. The highest BCUT2D eigenvalue weighted by Crippen LogP contribution is 2.32. The first-order chi connectivity index (χ1) is 15.5. The molecular formula is C24H15Cl2N3O2S. The zero-order chi connectivity index (χ0) is 22.2. The second-order valence-corrected chi connectivity index (χ2v) is 9.07. The van der Waals surface area contributed by atoms with E-state index in [1.807, 2.05) is 48.5 Å². The molecule has 1 N–H and O–H groups in total. The Balaban J connectivity index is 1.57. The molecule has 2 heterocycles. The Labute approximate surface area is 198 Å². The highest BCUT2D eigenvalue weighted by Gasteiger charge is 2.25. The van der Waals surface area contributed by atoms with Crippen molar-refractivity contribution in [1.29, 1.82) is 0 Å². The van der Waals surface area contributed by atoms with E-state index in [1.54, 1.807) is 12.1 Å². The summed E-state index contributed by atoms with van der Waals surface area (Å²) in [6.07, 6.45) is 1.70. The van der Waals surface area contributed by atoms with Gasteiger partial charge in [-0.2, -0.15) is 0 Å². The molecule has 5 rings (SSSR count). The number of hydrogen-bond donors (Lipinski definition) is 1. The first-order valence-electron chi connectivity index (χ1n) is 9.72. The van der Waals surface area contributed by atoms with Crippen LogP contribution < -0.4 is 5.32 Å². The highest BCUT2D eigenvalue weighted by atomic mass is 35.5. The van der Waals surface area contributed by atoms with Crippen molar-refractivity contribution in [2.24, 2.45) is 0 Å². The van der Waals surface area contributed by atoms with Crippen molar-refractivity contribution in [3.05, 3.63) is 92.8 Å². The standard InChI is InChI=1S/C24H15Cl2N3O2S/c25-17-11-19-20(12-18(17)26)29(13-15-4-2-1-3-5-15)22(27-19)16-8-6-14(7-9-16)10-21-23(30)28-24(31)32-21/h1-12H,13H2,(H,28,30,31)/b21-10-. The summed E-state index contributed by atoms with van der Waals surface area (Å²) in [6.45, 7) is 0.620. The van der Waals surface area contributed by atoms with E-state index in [4.69, 9.17) is 28.2 Å². The van der Waals surface area contributed by atoms with Gasteiger partial charge in [0.05, 0.1) is 26.0 Å². The number of fused-ring (bicyclic) bond motifs is 1. The van der Waals surface area contributed by atoms with Crippen LogP contribution in [0, 0.1) is 0 Å². The number of halogens is 2. The number of nitrogens with one attached hydrogen (secondary N) is 1. The van der Waals surface area contributed by atoms with Crippen LogP contribution in [-0.4, -0.2) is 20.7 Å². The number of imidazole rings is 1. The Morgan fingerprint density at radius 2 is 1.69 bits per heavy atom. The normalized spacial score (nSPS) is 15.0. The summed E-state index contributed by atoms with van der Waals surface area (Å²) in [7, 11) is 0. The number of nitrogens with zero attached hydrogens (tertiary/aromatic N) is 2. The van der Waals surface area contributed by atoms with Gasteiger partial charge in [0, 0.05) is 12.1 Å². The van der Waals surface area contributed by atoms with Crippen LogP contribution in [0.1, 0.15) is 11.1 Å². The monoisotopic (exact) mass is 479 g/mol. The Bertz CT molecular complexity index is 1400. The van der Waals surface area contributed by atoms with Crippen molar-refractivity contribution in [2.45, 2.75) is 6.54 Å². The van der Waals surface area contributed by atoms with Crippen molar-refractivity contribution >= 4 is 63.2 Å². The van der Waals surface area contributed by atoms with E-state index in [0.29, 0.717) is 21.5 Å². The second kappa shape index (κ2) is 8.47. The molecule has 32 heavy (non-hydrogen) atoms. The van der Waals surface area contributed by atoms with Crippen LogP contribution in [0.5, 0.6) is 0 Å². The molecule has 1 aliphatic rings. The average Bonchev–Trinajstić information content (AvgIpc) is 3.28. The first-order valence-corrected chi connectivity index (χ1v) is 11.3. The lowest BCUT2D eigenvalue weighted by Crippen LogP contribution is -2.17. The molecule has 1 aromatic heterocycles. The average molecular weight is 480 g/mol. The van der Waals surface area contributed by atoms with Crippen molar-refractivity contribution < 1.29 is 9.59 Å². The molecule has 5 nitrogen and oxygen atoms in total. The van der Waals surface area contributed by atoms with Crippen molar-refractivity contribution in [3.63, 3.8) is 0 Å². The largest absolute Gasteiger partial charge is 0.319 e. The lowest BCUT2D eigenvalue weighted by Gasteiger charge is -2.10. The van der Waals surface area contributed by atoms with Crippen LogP contribution in [-0.2, 0) is 11.3 Å². The maximum atomic E-state index is 11.8. The molecule has 0 aliphatic carbocycles.